The number of carboxylic acid groups (broad SMARTS) is 1. The molecule has 0 saturated carbocycles. The van der Waals surface area contributed by atoms with Crippen LogP contribution in [0.15, 0.2) is 60.7 Å². The number of benzene rings is 2. The van der Waals surface area contributed by atoms with Crippen LogP contribution in [-0.4, -0.2) is 33.9 Å². The second kappa shape index (κ2) is 6.37. The van der Waals surface area contributed by atoms with Crippen molar-refractivity contribution < 1.29 is 19.4 Å². The van der Waals surface area contributed by atoms with Gasteiger partial charge in [0.25, 0.3) is 0 Å². The number of methoxy groups -OCH3 is 1. The summed E-state index contributed by atoms with van der Waals surface area (Å²) in [6.45, 7) is 0. The molecule has 0 atom stereocenters. The van der Waals surface area contributed by atoms with Crippen LogP contribution in [0.3, 0.4) is 0 Å². The molecule has 6 heteroatoms. The van der Waals surface area contributed by atoms with E-state index in [1.807, 2.05) is 12.1 Å². The quantitative estimate of drug-likeness (QED) is 0.747. The average Bonchev–Trinajstić information content (AvgIpc) is 3.03. The van der Waals surface area contributed by atoms with Crippen molar-refractivity contribution in [1.29, 1.82) is 0 Å². The third-order valence-corrected chi connectivity index (χ3v) is 3.53. The molecule has 3 aromatic rings. The molecule has 2 aromatic carbocycles. The van der Waals surface area contributed by atoms with E-state index in [1.165, 1.54) is 11.8 Å². The number of hydrogen-bond acceptors (Lipinski definition) is 4. The van der Waals surface area contributed by atoms with E-state index in [0.29, 0.717) is 11.3 Å². The molecule has 24 heavy (non-hydrogen) atoms. The molecule has 0 bridgehead atoms. The molecule has 1 N–H and O–H groups in total. The Labute approximate surface area is 137 Å². The summed E-state index contributed by atoms with van der Waals surface area (Å²) in [7, 11) is 1.21. The largest absolute Gasteiger partial charge is 0.478 e. The van der Waals surface area contributed by atoms with Crippen molar-refractivity contribution in [2.24, 2.45) is 0 Å². The number of aromatic nitrogens is 2. The summed E-state index contributed by atoms with van der Waals surface area (Å²) in [5.74, 6) is -2.00. The summed E-state index contributed by atoms with van der Waals surface area (Å²) >= 11 is 0. The van der Waals surface area contributed by atoms with Crippen molar-refractivity contribution in [3.63, 3.8) is 0 Å². The van der Waals surface area contributed by atoms with E-state index < -0.39 is 11.9 Å². The van der Waals surface area contributed by atoms with Crippen LogP contribution in [0.1, 0.15) is 20.8 Å². The number of carbonyl (C=O) groups excluding carboxylic acids is 1. The van der Waals surface area contributed by atoms with E-state index in [0.717, 1.165) is 0 Å². The van der Waals surface area contributed by atoms with Gasteiger partial charge in [-0.1, -0.05) is 48.5 Å². The molecule has 1 heterocycles. The smallest absolute Gasteiger partial charge is 0.357 e. The highest BCUT2D eigenvalue weighted by Crippen LogP contribution is 2.28. The highest BCUT2D eigenvalue weighted by atomic mass is 16.5. The molecule has 0 aliphatic heterocycles. The Hall–Kier alpha value is -3.41. The predicted octanol–water partition coefficient (Wildman–Crippen LogP) is 3.02. The Morgan fingerprint density at radius 3 is 2.12 bits per heavy atom. The van der Waals surface area contributed by atoms with Crippen LogP contribution in [0.2, 0.25) is 0 Å². The highest BCUT2D eigenvalue weighted by Gasteiger charge is 2.30. The molecule has 0 radical (unpaired) electrons. The first-order valence-corrected chi connectivity index (χ1v) is 7.19. The van der Waals surface area contributed by atoms with E-state index >= 15 is 0 Å². The number of carbonyl (C=O) groups is 2. The monoisotopic (exact) mass is 322 g/mol. The van der Waals surface area contributed by atoms with E-state index in [-0.39, 0.29) is 17.0 Å². The van der Waals surface area contributed by atoms with Crippen LogP contribution in [0, 0.1) is 0 Å². The summed E-state index contributed by atoms with van der Waals surface area (Å²) in [6.07, 6.45) is 0. The number of rotatable bonds is 4. The molecular formula is C18H14N2O4. The van der Waals surface area contributed by atoms with Gasteiger partial charge in [-0.25, -0.2) is 14.3 Å². The fourth-order valence-electron chi connectivity index (χ4n) is 2.46. The number of carboxylic acids is 1. The number of nitrogens with zero attached hydrogens (tertiary/aromatic N) is 2. The van der Waals surface area contributed by atoms with Gasteiger partial charge in [-0.2, -0.15) is 5.10 Å². The normalized spacial score (nSPS) is 10.4. The third-order valence-electron chi connectivity index (χ3n) is 3.53. The minimum atomic E-state index is -1.24. The molecular weight excluding hydrogens is 308 g/mol. The van der Waals surface area contributed by atoms with Crippen molar-refractivity contribution >= 4 is 11.9 Å². The number of esters is 1. The maximum absolute atomic E-state index is 12.2. The van der Waals surface area contributed by atoms with Gasteiger partial charge >= 0.3 is 11.9 Å². The zero-order valence-corrected chi connectivity index (χ0v) is 12.8. The lowest BCUT2D eigenvalue weighted by molar-refractivity contribution is 0.0573. The van der Waals surface area contributed by atoms with Crippen LogP contribution in [0.25, 0.3) is 16.9 Å². The maximum Gasteiger partial charge on any atom is 0.357 e. The van der Waals surface area contributed by atoms with Gasteiger partial charge in [0.05, 0.1) is 12.8 Å². The van der Waals surface area contributed by atoms with Gasteiger partial charge in [0.15, 0.2) is 5.69 Å². The topological polar surface area (TPSA) is 81.4 Å². The zero-order chi connectivity index (χ0) is 17.1. The fourth-order valence-corrected chi connectivity index (χ4v) is 2.46. The van der Waals surface area contributed by atoms with Gasteiger partial charge < -0.3 is 9.84 Å². The van der Waals surface area contributed by atoms with E-state index in [1.54, 1.807) is 48.5 Å². The molecule has 3 rings (SSSR count). The van der Waals surface area contributed by atoms with Crippen LogP contribution >= 0.6 is 0 Å². The minimum absolute atomic E-state index is 0.116. The van der Waals surface area contributed by atoms with Crippen LogP contribution < -0.4 is 0 Å². The number of para-hydroxylation sites is 1. The van der Waals surface area contributed by atoms with Crippen molar-refractivity contribution in [2.75, 3.05) is 7.11 Å². The lowest BCUT2D eigenvalue weighted by Gasteiger charge is -2.06. The second-order valence-corrected chi connectivity index (χ2v) is 4.98. The Morgan fingerprint density at radius 2 is 1.58 bits per heavy atom. The van der Waals surface area contributed by atoms with Crippen LogP contribution in [0.4, 0.5) is 0 Å². The summed E-state index contributed by atoms with van der Waals surface area (Å²) in [4.78, 5) is 24.1. The molecule has 1 aromatic heterocycles. The van der Waals surface area contributed by atoms with E-state index in [9.17, 15) is 14.7 Å². The van der Waals surface area contributed by atoms with Crippen LogP contribution in [0.5, 0.6) is 0 Å². The minimum Gasteiger partial charge on any atom is -0.478 e. The van der Waals surface area contributed by atoms with Crippen molar-refractivity contribution in [1.82, 2.24) is 9.78 Å². The van der Waals surface area contributed by atoms with Crippen LogP contribution in [-0.2, 0) is 4.74 Å². The van der Waals surface area contributed by atoms with E-state index in [4.69, 9.17) is 4.74 Å². The van der Waals surface area contributed by atoms with Crippen molar-refractivity contribution in [3.05, 3.63) is 71.9 Å². The summed E-state index contributed by atoms with van der Waals surface area (Å²) in [5.41, 5.74) is 1.09. The molecule has 0 saturated heterocycles. The highest BCUT2D eigenvalue weighted by molar-refractivity contribution is 6.06. The van der Waals surface area contributed by atoms with Gasteiger partial charge in [-0.3, -0.25) is 0 Å². The standard InChI is InChI=1S/C18H14N2O4/c1-24-18(23)16-14(17(21)22)15(12-8-4-2-5-9-12)19-20(16)13-10-6-3-7-11-13/h2-11H,1H3,(H,21,22). The maximum atomic E-state index is 12.2. The van der Waals surface area contributed by atoms with Gasteiger partial charge in [0, 0.05) is 5.56 Å². The number of aromatic carboxylic acids is 1. The first-order valence-electron chi connectivity index (χ1n) is 7.19. The summed E-state index contributed by atoms with van der Waals surface area (Å²) < 4.78 is 6.08. The Balaban J connectivity index is 2.34. The first kappa shape index (κ1) is 15.5. The number of ether oxygens (including phenoxy) is 1. The molecule has 0 unspecified atom stereocenters. The Morgan fingerprint density at radius 1 is 1.00 bits per heavy atom. The predicted molar refractivity (Wildman–Crippen MR) is 87.3 cm³/mol. The van der Waals surface area contributed by atoms with Gasteiger partial charge in [0.1, 0.15) is 11.3 Å². The zero-order valence-electron chi connectivity index (χ0n) is 12.8. The van der Waals surface area contributed by atoms with Gasteiger partial charge in [-0.05, 0) is 12.1 Å². The first-order chi connectivity index (χ1) is 11.6. The Bertz CT molecular complexity index is 886. The molecule has 6 nitrogen and oxygen atoms in total. The SMILES string of the molecule is COC(=O)c1c(C(=O)O)c(-c2ccccc2)nn1-c1ccccc1. The molecule has 0 aliphatic carbocycles. The van der Waals surface area contributed by atoms with Crippen molar-refractivity contribution in [2.45, 2.75) is 0 Å². The number of hydrogen-bond donors (Lipinski definition) is 1. The third kappa shape index (κ3) is 2.65. The van der Waals surface area contributed by atoms with Crippen molar-refractivity contribution in [3.8, 4) is 16.9 Å². The van der Waals surface area contributed by atoms with Gasteiger partial charge in [0.2, 0.25) is 0 Å². The molecule has 0 fully saturated rings. The average molecular weight is 322 g/mol. The fraction of sp³-hybridized carbons (Fsp3) is 0.0556. The molecule has 0 amide bonds. The van der Waals surface area contributed by atoms with E-state index in [2.05, 4.69) is 5.10 Å². The molecule has 0 spiro atoms. The molecule has 120 valence electrons. The molecule has 0 aliphatic rings. The lowest BCUT2D eigenvalue weighted by Crippen LogP contribution is -2.14. The van der Waals surface area contributed by atoms with Gasteiger partial charge in [-0.15, -0.1) is 0 Å². The summed E-state index contributed by atoms with van der Waals surface area (Å²) in [6, 6.07) is 17.7. The summed E-state index contributed by atoms with van der Waals surface area (Å²) in [5, 5.41) is 14.0. The second-order valence-electron chi connectivity index (χ2n) is 4.98. The Kier molecular flexibility index (Phi) is 4.11. The lowest BCUT2D eigenvalue weighted by atomic mass is 10.1.